The Morgan fingerprint density at radius 1 is 0.632 bits per heavy atom. The van der Waals surface area contributed by atoms with E-state index in [1.807, 2.05) is 6.92 Å². The third kappa shape index (κ3) is 25.6. The van der Waals surface area contributed by atoms with Gasteiger partial charge in [-0.3, -0.25) is 9.35 Å². The van der Waals surface area contributed by atoms with Crippen LogP contribution in [0.5, 0.6) is 0 Å². The minimum Gasteiger partial charge on any atom is -0.465 e. The summed E-state index contributed by atoms with van der Waals surface area (Å²) in [6.07, 6.45) is 28.2. The minimum absolute atomic E-state index is 0.0688. The van der Waals surface area contributed by atoms with E-state index in [1.165, 1.54) is 109 Å². The van der Waals surface area contributed by atoms with Gasteiger partial charge in [-0.2, -0.15) is 8.42 Å². The highest BCUT2D eigenvalue weighted by Gasteiger charge is 2.28. The summed E-state index contributed by atoms with van der Waals surface area (Å²) >= 11 is 0. The first-order valence-corrected chi connectivity index (χ1v) is 17.5. The Morgan fingerprint density at radius 3 is 1.39 bits per heavy atom. The summed E-state index contributed by atoms with van der Waals surface area (Å²) in [5, 5.41) is 0. The number of rotatable bonds is 29. The second-order valence-corrected chi connectivity index (χ2v) is 12.4. The average molecular weight is 563 g/mol. The molecule has 0 aromatic rings. The zero-order valence-electron chi connectivity index (χ0n) is 25.2. The fraction of sp³-hybridized carbons (Fsp3) is 0.968. The van der Waals surface area contributed by atoms with Crippen LogP contribution in [0, 0.1) is 11.8 Å². The Balaban J connectivity index is 4.00. The quantitative estimate of drug-likeness (QED) is 0.0554. The van der Waals surface area contributed by atoms with Gasteiger partial charge in [-0.1, -0.05) is 156 Å². The van der Waals surface area contributed by atoms with Crippen LogP contribution in [0.4, 0.5) is 0 Å². The standard InChI is InChI=1S/C31H62O6S/c1-4-6-8-10-12-14-15-16-17-18-19-21-23-25-27-36-31(32)30(28-37-38(33,34)35)29(3)26-24-22-20-13-11-9-7-5-2/h29-30H,4-28H2,1-3H3,(H,33,34,35). The summed E-state index contributed by atoms with van der Waals surface area (Å²) in [7, 11) is -4.59. The van der Waals surface area contributed by atoms with Gasteiger partial charge in [-0.25, -0.2) is 4.18 Å². The van der Waals surface area contributed by atoms with E-state index in [0.717, 1.165) is 38.5 Å². The predicted molar refractivity (Wildman–Crippen MR) is 159 cm³/mol. The van der Waals surface area contributed by atoms with Crippen molar-refractivity contribution in [1.82, 2.24) is 0 Å². The summed E-state index contributed by atoms with van der Waals surface area (Å²) in [4.78, 5) is 12.7. The maximum Gasteiger partial charge on any atom is 0.397 e. The van der Waals surface area contributed by atoms with Crippen molar-refractivity contribution in [3.05, 3.63) is 0 Å². The molecule has 0 aliphatic rings. The van der Waals surface area contributed by atoms with Crippen LogP contribution < -0.4 is 0 Å². The monoisotopic (exact) mass is 562 g/mol. The number of ether oxygens (including phenoxy) is 1. The Bertz CT molecular complexity index is 622. The largest absolute Gasteiger partial charge is 0.465 e. The van der Waals surface area contributed by atoms with Crippen molar-refractivity contribution >= 4 is 16.4 Å². The van der Waals surface area contributed by atoms with Crippen molar-refractivity contribution in [1.29, 1.82) is 0 Å². The number of carbonyl (C=O) groups excluding carboxylic acids is 1. The molecule has 7 heteroatoms. The number of unbranched alkanes of at least 4 members (excludes halogenated alkanes) is 20. The molecule has 38 heavy (non-hydrogen) atoms. The van der Waals surface area contributed by atoms with E-state index >= 15 is 0 Å². The van der Waals surface area contributed by atoms with Gasteiger partial charge in [0, 0.05) is 0 Å². The van der Waals surface area contributed by atoms with Gasteiger partial charge >= 0.3 is 16.4 Å². The molecule has 6 nitrogen and oxygen atoms in total. The van der Waals surface area contributed by atoms with E-state index in [0.29, 0.717) is 6.61 Å². The topological polar surface area (TPSA) is 89.9 Å². The second-order valence-electron chi connectivity index (χ2n) is 11.3. The Kier molecular flexibility index (Phi) is 26.1. The Labute approximate surface area is 236 Å². The van der Waals surface area contributed by atoms with Gasteiger partial charge in [0.05, 0.1) is 19.1 Å². The predicted octanol–water partition coefficient (Wildman–Crippen LogP) is 9.61. The Morgan fingerprint density at radius 2 is 1.00 bits per heavy atom. The van der Waals surface area contributed by atoms with Gasteiger partial charge in [0.25, 0.3) is 0 Å². The van der Waals surface area contributed by atoms with Crippen LogP contribution in [0.15, 0.2) is 0 Å². The summed E-state index contributed by atoms with van der Waals surface area (Å²) in [6, 6.07) is 0. The SMILES string of the molecule is CCCCCCCCCCCCCCCCOC(=O)C(COS(=O)(=O)O)C(C)CCCCCCCCCC. The molecule has 0 aromatic heterocycles. The molecule has 0 spiro atoms. The van der Waals surface area contributed by atoms with E-state index in [9.17, 15) is 13.2 Å². The lowest BCUT2D eigenvalue weighted by atomic mass is 9.89. The van der Waals surface area contributed by atoms with Crippen molar-refractivity contribution in [3.8, 4) is 0 Å². The van der Waals surface area contributed by atoms with E-state index in [2.05, 4.69) is 18.0 Å². The van der Waals surface area contributed by atoms with Gasteiger partial charge in [0.2, 0.25) is 0 Å². The van der Waals surface area contributed by atoms with Crippen LogP contribution in [0.3, 0.4) is 0 Å². The molecule has 0 radical (unpaired) electrons. The lowest BCUT2D eigenvalue weighted by Crippen LogP contribution is -2.30. The zero-order valence-corrected chi connectivity index (χ0v) is 26.0. The van der Waals surface area contributed by atoms with Gasteiger partial charge in [-0.15, -0.1) is 0 Å². The molecule has 0 aliphatic heterocycles. The van der Waals surface area contributed by atoms with E-state index in [-0.39, 0.29) is 12.5 Å². The molecule has 0 fully saturated rings. The number of hydrogen-bond donors (Lipinski definition) is 1. The molecule has 0 aromatic carbocycles. The number of esters is 1. The van der Waals surface area contributed by atoms with Crippen molar-refractivity contribution in [2.75, 3.05) is 13.2 Å². The lowest BCUT2D eigenvalue weighted by Gasteiger charge is -2.22. The van der Waals surface area contributed by atoms with Crippen LogP contribution >= 0.6 is 0 Å². The van der Waals surface area contributed by atoms with Gasteiger partial charge in [0.1, 0.15) is 0 Å². The molecule has 1 N–H and O–H groups in total. The lowest BCUT2D eigenvalue weighted by molar-refractivity contribution is -0.151. The molecule has 0 amide bonds. The zero-order chi connectivity index (χ0) is 28.3. The van der Waals surface area contributed by atoms with Crippen LogP contribution in [-0.4, -0.2) is 32.2 Å². The van der Waals surface area contributed by atoms with Gasteiger partial charge < -0.3 is 4.74 Å². The highest BCUT2D eigenvalue weighted by atomic mass is 32.3. The van der Waals surface area contributed by atoms with Gasteiger partial charge in [-0.05, 0) is 18.8 Å². The molecule has 2 atom stereocenters. The van der Waals surface area contributed by atoms with Crippen LogP contribution in [0.2, 0.25) is 0 Å². The van der Waals surface area contributed by atoms with Crippen molar-refractivity contribution < 1.29 is 26.7 Å². The van der Waals surface area contributed by atoms with Crippen LogP contribution in [-0.2, 0) is 24.1 Å². The van der Waals surface area contributed by atoms with E-state index < -0.39 is 22.3 Å². The maximum atomic E-state index is 12.7. The molecular weight excluding hydrogens is 500 g/mol. The highest BCUT2D eigenvalue weighted by Crippen LogP contribution is 2.23. The normalized spacial score (nSPS) is 13.5. The second kappa shape index (κ2) is 26.6. The van der Waals surface area contributed by atoms with Crippen molar-refractivity contribution in [2.45, 2.75) is 168 Å². The first-order chi connectivity index (χ1) is 18.3. The molecule has 0 saturated heterocycles. The summed E-state index contributed by atoms with van der Waals surface area (Å²) < 4.78 is 41.2. The van der Waals surface area contributed by atoms with Crippen LogP contribution in [0.25, 0.3) is 0 Å². The third-order valence-corrected chi connectivity index (χ3v) is 8.08. The molecule has 0 aliphatic carbocycles. The van der Waals surface area contributed by atoms with E-state index in [4.69, 9.17) is 9.29 Å². The fourth-order valence-corrected chi connectivity index (χ4v) is 5.32. The molecule has 2 unspecified atom stereocenters. The first-order valence-electron chi connectivity index (χ1n) is 16.1. The molecular formula is C31H62O6S. The molecule has 0 saturated carbocycles. The fourth-order valence-electron chi connectivity index (χ4n) is 5.00. The third-order valence-electron chi connectivity index (χ3n) is 7.64. The molecule has 0 heterocycles. The Hall–Kier alpha value is -0.660. The average Bonchev–Trinajstić information content (AvgIpc) is 2.87. The molecule has 0 rings (SSSR count). The minimum atomic E-state index is -4.59. The molecule has 228 valence electrons. The number of carbonyl (C=O) groups is 1. The summed E-state index contributed by atoms with van der Waals surface area (Å²) in [5.41, 5.74) is 0. The summed E-state index contributed by atoms with van der Waals surface area (Å²) in [5.74, 6) is -1.18. The van der Waals surface area contributed by atoms with Crippen LogP contribution in [0.1, 0.15) is 168 Å². The summed E-state index contributed by atoms with van der Waals surface area (Å²) in [6.45, 7) is 6.40. The van der Waals surface area contributed by atoms with Crippen molar-refractivity contribution in [2.24, 2.45) is 11.8 Å². The number of hydrogen-bond acceptors (Lipinski definition) is 5. The molecule has 0 bridgehead atoms. The van der Waals surface area contributed by atoms with Gasteiger partial charge in [0.15, 0.2) is 0 Å². The highest BCUT2D eigenvalue weighted by molar-refractivity contribution is 7.80. The maximum absolute atomic E-state index is 12.7. The van der Waals surface area contributed by atoms with E-state index in [1.54, 1.807) is 0 Å². The van der Waals surface area contributed by atoms with Crippen molar-refractivity contribution in [3.63, 3.8) is 0 Å². The first kappa shape index (κ1) is 37.3. The smallest absolute Gasteiger partial charge is 0.397 e.